The number of hydrogen-bond acceptors (Lipinski definition) is 11. The fraction of sp³-hybridized carbons (Fsp3) is 0.281. The van der Waals surface area contributed by atoms with Crippen molar-refractivity contribution in [3.8, 4) is 56.3 Å². The molecule has 0 unspecified atom stereocenters. The second kappa shape index (κ2) is 23.1. The Morgan fingerprint density at radius 1 is 0.597 bits per heavy atom. The fourth-order valence-electron chi connectivity index (χ4n) is 8.50. The van der Waals surface area contributed by atoms with Crippen molar-refractivity contribution in [1.29, 1.82) is 0 Å². The summed E-state index contributed by atoms with van der Waals surface area (Å²) in [5, 5.41) is 2.89. The molecule has 4 aromatic carbocycles. The Morgan fingerprint density at radius 3 is 1.52 bits per heavy atom. The predicted molar refractivity (Wildman–Crippen MR) is 281 cm³/mol. The average Bonchev–Trinajstić information content (AvgIpc) is 4.02. The summed E-state index contributed by atoms with van der Waals surface area (Å²) in [7, 11) is 5.71. The Balaban J connectivity index is 0.000000227. The normalized spacial score (nSPS) is 11.7. The molecule has 1 amide bonds. The van der Waals surface area contributed by atoms with Gasteiger partial charge in [-0.05, 0) is 94.3 Å². The minimum absolute atomic E-state index is 0.131. The van der Waals surface area contributed by atoms with Crippen LogP contribution in [0.4, 0.5) is 42.5 Å². The van der Waals surface area contributed by atoms with E-state index in [-0.39, 0.29) is 17.9 Å². The van der Waals surface area contributed by atoms with Crippen LogP contribution in [0.1, 0.15) is 65.5 Å². The number of alkyl halides is 6. The first-order valence-electron chi connectivity index (χ1n) is 24.0. The smallest absolute Gasteiger partial charge is 0.414 e. The number of nitrogens with one attached hydrogen (secondary N) is 1. The molecule has 0 saturated heterocycles. The van der Waals surface area contributed by atoms with Crippen LogP contribution in [0.15, 0.2) is 122 Å². The highest BCUT2D eigenvalue weighted by molar-refractivity contribution is 5.96. The third kappa shape index (κ3) is 13.3. The summed E-state index contributed by atoms with van der Waals surface area (Å²) in [6, 6.07) is 28.4. The van der Waals surface area contributed by atoms with Gasteiger partial charge in [0.25, 0.3) is 0 Å². The van der Waals surface area contributed by atoms with Gasteiger partial charge in [0.15, 0.2) is 11.3 Å². The minimum atomic E-state index is -4.52. The lowest BCUT2D eigenvalue weighted by molar-refractivity contribution is -0.132. The maximum Gasteiger partial charge on any atom is 0.414 e. The number of rotatable bonds is 14. The van der Waals surface area contributed by atoms with E-state index in [1.165, 1.54) is 21.3 Å². The number of fused-ring (bicyclic) bond motifs is 2. The van der Waals surface area contributed by atoms with Crippen molar-refractivity contribution >= 4 is 40.7 Å². The number of amides is 1. The number of methoxy groups -OCH3 is 4. The maximum absolute atomic E-state index is 13.4. The topological polar surface area (TPSA) is 147 Å². The number of benzene rings is 4. The van der Waals surface area contributed by atoms with E-state index in [1.807, 2.05) is 53.9 Å². The number of halogens is 6. The average molecular weight is 1070 g/mol. The SMILES string of the molecule is COC(=O)c1ccc(-c2cnc3c(N(CCC(F)(F)F)C(=O)OC(C)(C)C)cc(-c4ccccc4OC)cn23)cc1C.COC(=O)c1ccc(-c2cnc3c(NCCC(F)(F)F)cc(-c4ccccc4OC)cn23)cc1C. The molecular weight excluding hydrogens is 1010 g/mol. The zero-order chi connectivity index (χ0) is 56.0. The van der Waals surface area contributed by atoms with E-state index < -0.39 is 55.4 Å². The summed E-state index contributed by atoms with van der Waals surface area (Å²) in [4.78, 5) is 47.5. The van der Waals surface area contributed by atoms with Gasteiger partial charge in [-0.1, -0.05) is 48.5 Å². The number of carbonyl (C=O) groups is 3. The zero-order valence-electron chi connectivity index (χ0n) is 43.6. The van der Waals surface area contributed by atoms with Crippen LogP contribution in [-0.2, 0) is 14.2 Å². The first-order valence-corrected chi connectivity index (χ1v) is 24.0. The van der Waals surface area contributed by atoms with Crippen LogP contribution in [0.3, 0.4) is 0 Å². The second-order valence-electron chi connectivity index (χ2n) is 18.7. The third-order valence-electron chi connectivity index (χ3n) is 12.1. The molecule has 404 valence electrons. The van der Waals surface area contributed by atoms with Gasteiger partial charge in [0.1, 0.15) is 17.1 Å². The highest BCUT2D eigenvalue weighted by Gasteiger charge is 2.33. The first-order chi connectivity index (χ1) is 36.4. The molecule has 0 saturated carbocycles. The summed E-state index contributed by atoms with van der Waals surface area (Å²) in [5.41, 5.74) is 8.14. The molecule has 4 heterocycles. The third-order valence-corrected chi connectivity index (χ3v) is 12.1. The standard InChI is InChI=1S/C31H32F3N3O5.C26H24F3N3O3/c1-19-15-20(11-12-22(19)28(38)41-6)25-17-35-27-24(36(14-13-31(32,33)34)29(39)42-30(2,3)4)16-21(18-37(25)27)23-9-7-8-10-26(23)40-5;1-16-12-17(8-9-19(16)25(33)35-3)22-14-31-24-21(30-11-10-26(27,28)29)13-18(15-32(22)24)20-6-4-5-7-23(20)34-2/h7-12,15-18H,13-14H2,1-6H3;4-9,12-15,30H,10-11H2,1-3H3. The highest BCUT2D eigenvalue weighted by atomic mass is 19.4. The molecule has 14 nitrogen and oxygen atoms in total. The molecule has 1 N–H and O–H groups in total. The summed E-state index contributed by atoms with van der Waals surface area (Å²) >= 11 is 0. The number of imidazole rings is 2. The molecule has 4 aromatic heterocycles. The number of aromatic nitrogens is 4. The van der Waals surface area contributed by atoms with Crippen molar-refractivity contribution in [2.24, 2.45) is 0 Å². The Bertz CT molecular complexity index is 3450. The largest absolute Gasteiger partial charge is 0.496 e. The van der Waals surface area contributed by atoms with E-state index in [0.29, 0.717) is 61.9 Å². The van der Waals surface area contributed by atoms with Crippen LogP contribution in [0.5, 0.6) is 11.5 Å². The van der Waals surface area contributed by atoms with Gasteiger partial charge in [0.05, 0.1) is 87.6 Å². The quantitative estimate of drug-likeness (QED) is 0.0630. The van der Waals surface area contributed by atoms with Crippen LogP contribution in [0.2, 0.25) is 0 Å². The molecule has 0 aliphatic carbocycles. The van der Waals surface area contributed by atoms with E-state index >= 15 is 0 Å². The highest BCUT2D eigenvalue weighted by Crippen LogP contribution is 2.39. The van der Waals surface area contributed by atoms with Crippen molar-refractivity contribution in [1.82, 2.24) is 18.8 Å². The number of nitrogens with zero attached hydrogens (tertiary/aromatic N) is 5. The van der Waals surface area contributed by atoms with Crippen molar-refractivity contribution in [2.45, 2.75) is 65.4 Å². The summed E-state index contributed by atoms with van der Waals surface area (Å²) in [6.45, 7) is 7.53. The van der Waals surface area contributed by atoms with E-state index in [2.05, 4.69) is 15.3 Å². The first kappa shape index (κ1) is 56.2. The number of pyridine rings is 2. The van der Waals surface area contributed by atoms with Gasteiger partial charge >= 0.3 is 30.4 Å². The number of anilines is 2. The molecule has 0 fully saturated rings. The van der Waals surface area contributed by atoms with Gasteiger partial charge in [-0.15, -0.1) is 0 Å². The number of para-hydroxylation sites is 2. The number of carbonyl (C=O) groups excluding carboxylic acids is 3. The van der Waals surface area contributed by atoms with Crippen LogP contribution in [-0.4, -0.2) is 96.3 Å². The molecule has 0 aliphatic heterocycles. The predicted octanol–water partition coefficient (Wildman–Crippen LogP) is 13.6. The van der Waals surface area contributed by atoms with Gasteiger partial charge in [0, 0.05) is 58.9 Å². The fourth-order valence-corrected chi connectivity index (χ4v) is 8.50. The van der Waals surface area contributed by atoms with E-state index in [1.54, 1.807) is 118 Å². The van der Waals surface area contributed by atoms with Crippen molar-refractivity contribution < 1.29 is 64.4 Å². The Hall–Kier alpha value is -8.55. The van der Waals surface area contributed by atoms with E-state index in [4.69, 9.17) is 23.7 Å². The zero-order valence-corrected chi connectivity index (χ0v) is 43.6. The lowest BCUT2D eigenvalue weighted by Crippen LogP contribution is -2.39. The molecular formula is C57H56F6N6O8. The van der Waals surface area contributed by atoms with Gasteiger partial charge in [-0.3, -0.25) is 13.7 Å². The number of esters is 2. The molecule has 8 rings (SSSR count). The van der Waals surface area contributed by atoms with Gasteiger partial charge in [-0.2, -0.15) is 26.3 Å². The van der Waals surface area contributed by atoms with Crippen LogP contribution < -0.4 is 19.7 Å². The maximum atomic E-state index is 13.4. The van der Waals surface area contributed by atoms with Crippen molar-refractivity contribution in [3.05, 3.63) is 144 Å². The molecule has 0 radical (unpaired) electrons. The molecule has 0 atom stereocenters. The van der Waals surface area contributed by atoms with Gasteiger partial charge < -0.3 is 29.0 Å². The van der Waals surface area contributed by atoms with E-state index in [9.17, 15) is 40.7 Å². The van der Waals surface area contributed by atoms with E-state index in [0.717, 1.165) is 32.8 Å². The van der Waals surface area contributed by atoms with Crippen molar-refractivity contribution in [3.63, 3.8) is 0 Å². The van der Waals surface area contributed by atoms with Crippen molar-refractivity contribution in [2.75, 3.05) is 51.7 Å². The molecule has 0 bridgehead atoms. The molecule has 0 aliphatic rings. The van der Waals surface area contributed by atoms with Crippen LogP contribution in [0.25, 0.3) is 56.1 Å². The Labute approximate surface area is 440 Å². The number of ether oxygens (including phenoxy) is 5. The van der Waals surface area contributed by atoms with Crippen LogP contribution >= 0.6 is 0 Å². The summed E-state index contributed by atoms with van der Waals surface area (Å²) in [6.07, 6.45) is -5.09. The Kier molecular flexibility index (Phi) is 16.9. The van der Waals surface area contributed by atoms with Gasteiger partial charge in [0.2, 0.25) is 0 Å². The van der Waals surface area contributed by atoms with Gasteiger partial charge in [-0.25, -0.2) is 24.4 Å². The molecule has 8 aromatic rings. The summed E-state index contributed by atoms with van der Waals surface area (Å²) < 4.78 is 108. The second-order valence-corrected chi connectivity index (χ2v) is 18.7. The molecule has 20 heteroatoms. The Morgan fingerprint density at radius 2 is 1.06 bits per heavy atom. The lowest BCUT2D eigenvalue weighted by atomic mass is 10.0. The summed E-state index contributed by atoms with van der Waals surface area (Å²) in [5.74, 6) is 0.257. The molecule has 0 spiro atoms. The monoisotopic (exact) mass is 1070 g/mol. The molecule has 77 heavy (non-hydrogen) atoms. The number of hydrogen-bond donors (Lipinski definition) is 1. The number of aryl methyl sites for hydroxylation is 2. The minimum Gasteiger partial charge on any atom is -0.496 e. The van der Waals surface area contributed by atoms with Crippen LogP contribution in [0, 0.1) is 13.8 Å². The lowest BCUT2D eigenvalue weighted by Gasteiger charge is -2.28.